The molecule has 5 unspecified atom stereocenters. The Morgan fingerprint density at radius 2 is 1.17 bits per heavy atom. The van der Waals surface area contributed by atoms with Gasteiger partial charge in [0.1, 0.15) is 24.4 Å². The van der Waals surface area contributed by atoms with Gasteiger partial charge in [-0.3, -0.25) is 0 Å². The quantitative estimate of drug-likeness (QED) is 0.377. The molecule has 4 rings (SSSR count). The van der Waals surface area contributed by atoms with Crippen LogP contribution in [0.3, 0.4) is 0 Å². The average Bonchev–Trinajstić information content (AvgIpc) is 2.93. The van der Waals surface area contributed by atoms with Crippen LogP contribution in [0.25, 0.3) is 0 Å². The second kappa shape index (κ2) is 14.2. The topological polar surface area (TPSA) is 92.4 Å². The van der Waals surface area contributed by atoms with Crippen LogP contribution in [0.2, 0.25) is 0 Å². The molecule has 1 aliphatic heterocycles. The summed E-state index contributed by atoms with van der Waals surface area (Å²) < 4.78 is 30.5. The second-order valence-corrected chi connectivity index (χ2v) is 8.72. The lowest BCUT2D eigenvalue weighted by atomic mass is 9.98. The van der Waals surface area contributed by atoms with Gasteiger partial charge in [-0.25, -0.2) is 0 Å². The molecule has 1 aliphatic rings. The predicted molar refractivity (Wildman–Crippen MR) is 136 cm³/mol. The fraction of sp³-hybridized carbons (Fsp3) is 0.379. The minimum atomic E-state index is -0.983. The SMILES string of the molecule is NCCOC1OC(COCc2ccccc2)C(O)C(OCc2ccccc2)C1OCc1ccccc1. The van der Waals surface area contributed by atoms with Crippen molar-refractivity contribution in [1.82, 2.24) is 0 Å². The molecule has 7 heteroatoms. The molecule has 3 aromatic rings. The van der Waals surface area contributed by atoms with E-state index in [0.29, 0.717) is 26.4 Å². The van der Waals surface area contributed by atoms with Crippen molar-refractivity contribution >= 4 is 0 Å². The zero-order valence-electron chi connectivity index (χ0n) is 20.4. The first-order valence-corrected chi connectivity index (χ1v) is 12.3. The van der Waals surface area contributed by atoms with Crippen LogP contribution in [0.1, 0.15) is 16.7 Å². The lowest BCUT2D eigenvalue weighted by molar-refractivity contribution is -0.320. The molecule has 5 atom stereocenters. The minimum absolute atomic E-state index is 0.176. The molecule has 0 saturated carbocycles. The molecule has 1 heterocycles. The first kappa shape index (κ1) is 26.4. The molecule has 7 nitrogen and oxygen atoms in total. The third-order valence-corrected chi connectivity index (χ3v) is 5.98. The Morgan fingerprint density at radius 1 is 0.667 bits per heavy atom. The lowest BCUT2D eigenvalue weighted by Crippen LogP contribution is -2.61. The summed E-state index contributed by atoms with van der Waals surface area (Å²) in [5.41, 5.74) is 8.74. The Labute approximate surface area is 212 Å². The van der Waals surface area contributed by atoms with Crippen molar-refractivity contribution in [3.05, 3.63) is 108 Å². The Balaban J connectivity index is 1.48. The third kappa shape index (κ3) is 7.69. The van der Waals surface area contributed by atoms with Gasteiger partial charge in [0.15, 0.2) is 6.29 Å². The highest BCUT2D eigenvalue weighted by atomic mass is 16.7. The Bertz CT molecular complexity index is 990. The van der Waals surface area contributed by atoms with Crippen LogP contribution in [0.5, 0.6) is 0 Å². The van der Waals surface area contributed by atoms with Crippen molar-refractivity contribution in [3.8, 4) is 0 Å². The predicted octanol–water partition coefficient (Wildman–Crippen LogP) is 3.44. The molecule has 0 aliphatic carbocycles. The molecule has 192 valence electrons. The van der Waals surface area contributed by atoms with E-state index in [-0.39, 0.29) is 13.2 Å². The van der Waals surface area contributed by atoms with Gasteiger partial charge in [-0.2, -0.15) is 0 Å². The molecule has 0 spiro atoms. The van der Waals surface area contributed by atoms with E-state index in [1.54, 1.807) is 0 Å². The van der Waals surface area contributed by atoms with Gasteiger partial charge < -0.3 is 34.5 Å². The number of aliphatic hydroxyl groups excluding tert-OH is 1. The summed E-state index contributed by atoms with van der Waals surface area (Å²) in [7, 11) is 0. The second-order valence-electron chi connectivity index (χ2n) is 8.72. The number of hydrogen-bond donors (Lipinski definition) is 2. The maximum Gasteiger partial charge on any atom is 0.186 e. The molecule has 0 amide bonds. The number of nitrogens with two attached hydrogens (primary N) is 1. The van der Waals surface area contributed by atoms with Gasteiger partial charge >= 0.3 is 0 Å². The molecular weight excluding hydrogens is 458 g/mol. The van der Waals surface area contributed by atoms with Crippen LogP contribution in [-0.2, 0) is 43.5 Å². The smallest absolute Gasteiger partial charge is 0.186 e. The van der Waals surface area contributed by atoms with Crippen LogP contribution in [0.4, 0.5) is 0 Å². The standard InChI is InChI=1S/C29H35NO6/c30-16-17-33-29-28(35-20-24-14-8-3-9-15-24)27(34-19-23-12-6-2-7-13-23)26(31)25(36-29)21-32-18-22-10-4-1-5-11-22/h1-15,25-29,31H,16-21,30H2. The van der Waals surface area contributed by atoms with Crippen molar-refractivity contribution in [2.24, 2.45) is 5.73 Å². The first-order valence-electron chi connectivity index (χ1n) is 12.3. The van der Waals surface area contributed by atoms with Gasteiger partial charge in [-0.15, -0.1) is 0 Å². The fourth-order valence-corrected chi connectivity index (χ4v) is 4.11. The van der Waals surface area contributed by atoms with Crippen LogP contribution in [0, 0.1) is 0 Å². The summed E-state index contributed by atoms with van der Waals surface area (Å²) in [5, 5.41) is 11.3. The molecule has 1 fully saturated rings. The van der Waals surface area contributed by atoms with Crippen LogP contribution >= 0.6 is 0 Å². The van der Waals surface area contributed by atoms with E-state index in [0.717, 1.165) is 16.7 Å². The van der Waals surface area contributed by atoms with Crippen molar-refractivity contribution in [2.75, 3.05) is 19.8 Å². The van der Waals surface area contributed by atoms with E-state index in [2.05, 4.69) is 0 Å². The monoisotopic (exact) mass is 493 g/mol. The summed E-state index contributed by atoms with van der Waals surface area (Å²) in [5.74, 6) is 0. The largest absolute Gasteiger partial charge is 0.387 e. The molecule has 0 aromatic heterocycles. The number of ether oxygens (including phenoxy) is 5. The molecule has 0 radical (unpaired) electrons. The molecule has 36 heavy (non-hydrogen) atoms. The minimum Gasteiger partial charge on any atom is -0.387 e. The molecule has 0 bridgehead atoms. The molecular formula is C29H35NO6. The molecule has 3 aromatic carbocycles. The van der Waals surface area contributed by atoms with Crippen LogP contribution < -0.4 is 5.73 Å². The molecule has 1 saturated heterocycles. The van der Waals surface area contributed by atoms with Crippen molar-refractivity contribution < 1.29 is 28.8 Å². The maximum absolute atomic E-state index is 11.3. The summed E-state index contributed by atoms with van der Waals surface area (Å²) in [6.07, 6.45) is -3.78. The number of rotatable bonds is 13. The Morgan fingerprint density at radius 3 is 1.69 bits per heavy atom. The van der Waals surface area contributed by atoms with E-state index in [1.807, 2.05) is 91.0 Å². The van der Waals surface area contributed by atoms with Crippen LogP contribution in [-0.4, -0.2) is 55.6 Å². The first-order chi connectivity index (χ1) is 17.7. The normalized spacial score (nSPS) is 24.0. The van der Waals surface area contributed by atoms with Gasteiger partial charge in [0, 0.05) is 6.54 Å². The van der Waals surface area contributed by atoms with Crippen molar-refractivity contribution in [2.45, 2.75) is 50.5 Å². The van der Waals surface area contributed by atoms with Crippen LogP contribution in [0.15, 0.2) is 91.0 Å². The Hall–Kier alpha value is -2.62. The van der Waals surface area contributed by atoms with Gasteiger partial charge in [-0.1, -0.05) is 91.0 Å². The van der Waals surface area contributed by atoms with E-state index in [9.17, 15) is 5.11 Å². The fourth-order valence-electron chi connectivity index (χ4n) is 4.11. The number of hydrogen-bond acceptors (Lipinski definition) is 7. The lowest BCUT2D eigenvalue weighted by Gasteiger charge is -2.44. The van der Waals surface area contributed by atoms with E-state index in [4.69, 9.17) is 29.4 Å². The van der Waals surface area contributed by atoms with Gasteiger partial charge in [0.05, 0.1) is 33.0 Å². The highest BCUT2D eigenvalue weighted by molar-refractivity contribution is 5.15. The van der Waals surface area contributed by atoms with E-state index >= 15 is 0 Å². The number of aliphatic hydroxyl groups is 1. The van der Waals surface area contributed by atoms with Gasteiger partial charge in [0.2, 0.25) is 0 Å². The average molecular weight is 494 g/mol. The highest BCUT2D eigenvalue weighted by Crippen LogP contribution is 2.29. The van der Waals surface area contributed by atoms with Crippen molar-refractivity contribution in [1.29, 1.82) is 0 Å². The van der Waals surface area contributed by atoms with E-state index < -0.39 is 30.7 Å². The maximum atomic E-state index is 11.3. The zero-order valence-corrected chi connectivity index (χ0v) is 20.4. The molecule has 3 N–H and O–H groups in total. The summed E-state index contributed by atoms with van der Waals surface area (Å²) >= 11 is 0. The summed E-state index contributed by atoms with van der Waals surface area (Å²) in [6.45, 7) is 1.84. The van der Waals surface area contributed by atoms with Crippen molar-refractivity contribution in [3.63, 3.8) is 0 Å². The van der Waals surface area contributed by atoms with Gasteiger partial charge in [0.25, 0.3) is 0 Å². The van der Waals surface area contributed by atoms with Gasteiger partial charge in [-0.05, 0) is 16.7 Å². The highest BCUT2D eigenvalue weighted by Gasteiger charge is 2.47. The Kier molecular flexibility index (Phi) is 10.4. The summed E-state index contributed by atoms with van der Waals surface area (Å²) in [4.78, 5) is 0. The van der Waals surface area contributed by atoms with E-state index in [1.165, 1.54) is 0 Å². The zero-order chi connectivity index (χ0) is 25.0. The third-order valence-electron chi connectivity index (χ3n) is 5.98. The summed E-state index contributed by atoms with van der Waals surface area (Å²) in [6, 6.07) is 29.5. The number of benzene rings is 3.